The van der Waals surface area contributed by atoms with Gasteiger partial charge in [0.2, 0.25) is 5.95 Å². The van der Waals surface area contributed by atoms with E-state index >= 15 is 0 Å². The number of nitrogens with one attached hydrogen (secondary N) is 1. The molecule has 2 rings (SSSR count). The predicted molar refractivity (Wildman–Crippen MR) is 69.2 cm³/mol. The largest absolute Gasteiger partial charge is 1.00 e. The lowest BCUT2D eigenvalue weighted by atomic mass is 10.0. The molecule has 5 nitrogen and oxygen atoms in total. The van der Waals surface area contributed by atoms with Crippen LogP contribution in [-0.2, 0) is 0 Å². The molecule has 3 N–H and O–H groups in total. The van der Waals surface area contributed by atoms with Crippen LogP contribution in [0, 0.1) is 6.92 Å². The minimum atomic E-state index is 0. The SMILES string of the molecule is Cc1cc(N2CCC([NH+](C)C)CC2)nc(N)n1.[Cl-]. The highest BCUT2D eigenvalue weighted by Gasteiger charge is 2.24. The molecule has 1 aromatic heterocycles. The van der Waals surface area contributed by atoms with Gasteiger partial charge in [0.1, 0.15) is 5.82 Å². The van der Waals surface area contributed by atoms with Crippen LogP contribution in [0.25, 0.3) is 0 Å². The van der Waals surface area contributed by atoms with Gasteiger partial charge in [-0.25, -0.2) is 4.98 Å². The summed E-state index contributed by atoms with van der Waals surface area (Å²) >= 11 is 0. The maximum atomic E-state index is 5.69. The van der Waals surface area contributed by atoms with Crippen molar-refractivity contribution in [3.63, 3.8) is 0 Å². The molecule has 0 atom stereocenters. The van der Waals surface area contributed by atoms with E-state index in [9.17, 15) is 0 Å². The molecule has 2 heterocycles. The summed E-state index contributed by atoms with van der Waals surface area (Å²) in [5.74, 6) is 1.35. The number of aromatic nitrogens is 2. The van der Waals surface area contributed by atoms with Crippen LogP contribution >= 0.6 is 0 Å². The van der Waals surface area contributed by atoms with Crippen molar-refractivity contribution >= 4 is 11.8 Å². The number of halogens is 1. The van der Waals surface area contributed by atoms with Crippen LogP contribution in [0.3, 0.4) is 0 Å². The van der Waals surface area contributed by atoms with E-state index < -0.39 is 0 Å². The van der Waals surface area contributed by atoms with E-state index in [1.807, 2.05) is 13.0 Å². The van der Waals surface area contributed by atoms with E-state index in [1.165, 1.54) is 12.8 Å². The summed E-state index contributed by atoms with van der Waals surface area (Å²) in [6.45, 7) is 4.08. The zero-order chi connectivity index (χ0) is 12.4. The quantitative estimate of drug-likeness (QED) is 0.586. The van der Waals surface area contributed by atoms with Crippen LogP contribution in [0.5, 0.6) is 0 Å². The number of nitrogens with zero attached hydrogens (tertiary/aromatic N) is 3. The second kappa shape index (κ2) is 6.20. The highest BCUT2D eigenvalue weighted by atomic mass is 35.5. The Morgan fingerprint density at radius 2 is 1.89 bits per heavy atom. The van der Waals surface area contributed by atoms with E-state index in [-0.39, 0.29) is 12.4 Å². The van der Waals surface area contributed by atoms with Crippen LogP contribution < -0.4 is 27.9 Å². The van der Waals surface area contributed by atoms with Gasteiger partial charge in [0.25, 0.3) is 0 Å². The maximum Gasteiger partial charge on any atom is 0.222 e. The van der Waals surface area contributed by atoms with Gasteiger partial charge in [0.05, 0.1) is 20.1 Å². The molecular weight excluding hydrogens is 250 g/mol. The minimum Gasteiger partial charge on any atom is -1.00 e. The van der Waals surface area contributed by atoms with Gasteiger partial charge >= 0.3 is 0 Å². The lowest BCUT2D eigenvalue weighted by Gasteiger charge is -2.33. The van der Waals surface area contributed by atoms with Crippen molar-refractivity contribution in [3.8, 4) is 0 Å². The molecule has 1 fully saturated rings. The zero-order valence-electron chi connectivity index (χ0n) is 11.3. The Bertz CT molecular complexity index is 368. The molecule has 102 valence electrons. The monoisotopic (exact) mass is 271 g/mol. The Morgan fingerprint density at radius 1 is 1.28 bits per heavy atom. The first-order chi connectivity index (χ1) is 8.06. The molecule has 0 saturated carbocycles. The van der Waals surface area contributed by atoms with Gasteiger partial charge in [-0.05, 0) is 6.92 Å². The van der Waals surface area contributed by atoms with Crippen LogP contribution in [0.4, 0.5) is 11.8 Å². The molecule has 18 heavy (non-hydrogen) atoms. The third kappa shape index (κ3) is 3.46. The van der Waals surface area contributed by atoms with Gasteiger partial charge in [-0.1, -0.05) is 0 Å². The average molecular weight is 272 g/mol. The van der Waals surface area contributed by atoms with E-state index in [0.29, 0.717) is 5.95 Å². The van der Waals surface area contributed by atoms with E-state index in [0.717, 1.165) is 30.6 Å². The van der Waals surface area contributed by atoms with Gasteiger partial charge in [0.15, 0.2) is 0 Å². The van der Waals surface area contributed by atoms with E-state index in [1.54, 1.807) is 4.90 Å². The smallest absolute Gasteiger partial charge is 0.222 e. The number of hydrogen-bond acceptors (Lipinski definition) is 4. The van der Waals surface area contributed by atoms with Gasteiger partial charge in [0, 0.05) is 37.7 Å². The summed E-state index contributed by atoms with van der Waals surface area (Å²) in [5, 5.41) is 0. The summed E-state index contributed by atoms with van der Waals surface area (Å²) in [6.07, 6.45) is 2.43. The van der Waals surface area contributed by atoms with Gasteiger partial charge in [-0.15, -0.1) is 0 Å². The van der Waals surface area contributed by atoms with Crippen LogP contribution in [0.15, 0.2) is 6.07 Å². The number of piperidine rings is 1. The van der Waals surface area contributed by atoms with Crippen LogP contribution in [-0.4, -0.2) is 43.2 Å². The van der Waals surface area contributed by atoms with Crippen molar-refractivity contribution in [2.45, 2.75) is 25.8 Å². The van der Waals surface area contributed by atoms with Crippen molar-refractivity contribution in [2.75, 3.05) is 37.8 Å². The standard InChI is InChI=1S/C12H21N5.ClH/c1-9-8-11(15-12(13)14-9)17-6-4-10(5-7-17)16(2)3;/h8,10H,4-7H2,1-3H3,(H2,13,14,15);1H. The molecule has 1 aromatic rings. The molecule has 0 radical (unpaired) electrons. The van der Waals surface area contributed by atoms with Crippen LogP contribution in [0.2, 0.25) is 0 Å². The van der Waals surface area contributed by atoms with Crippen LogP contribution in [0.1, 0.15) is 18.5 Å². The first kappa shape index (κ1) is 15.0. The Hall–Kier alpha value is -1.07. The molecule has 6 heteroatoms. The Balaban J connectivity index is 0.00000162. The Morgan fingerprint density at radius 3 is 2.39 bits per heavy atom. The van der Waals surface area contributed by atoms with Gasteiger partial charge in [-0.3, -0.25) is 0 Å². The second-order valence-electron chi connectivity index (χ2n) is 5.06. The average Bonchev–Trinajstić information content (AvgIpc) is 2.28. The third-order valence-corrected chi connectivity index (χ3v) is 3.49. The normalized spacial score (nSPS) is 16.8. The molecule has 0 bridgehead atoms. The molecule has 0 amide bonds. The molecule has 1 saturated heterocycles. The Kier molecular flexibility index (Phi) is 5.16. The molecule has 0 aliphatic carbocycles. The topological polar surface area (TPSA) is 59.5 Å². The minimum absolute atomic E-state index is 0. The fourth-order valence-corrected chi connectivity index (χ4v) is 2.42. The predicted octanol–water partition coefficient (Wildman–Crippen LogP) is -3.52. The highest BCUT2D eigenvalue weighted by Crippen LogP contribution is 2.18. The van der Waals surface area contributed by atoms with Crippen molar-refractivity contribution in [3.05, 3.63) is 11.8 Å². The zero-order valence-corrected chi connectivity index (χ0v) is 12.0. The first-order valence-corrected chi connectivity index (χ1v) is 6.22. The molecule has 0 unspecified atom stereocenters. The number of quaternary nitrogens is 1. The van der Waals surface area contributed by atoms with Crippen molar-refractivity contribution in [2.24, 2.45) is 0 Å². The lowest BCUT2D eigenvalue weighted by molar-refractivity contribution is -0.886. The van der Waals surface area contributed by atoms with E-state index in [2.05, 4.69) is 29.0 Å². The molecule has 0 aromatic carbocycles. The fraction of sp³-hybridized carbons (Fsp3) is 0.667. The summed E-state index contributed by atoms with van der Waals surface area (Å²) < 4.78 is 0. The highest BCUT2D eigenvalue weighted by molar-refractivity contribution is 5.43. The number of nitrogen functional groups attached to an aromatic ring is 1. The fourth-order valence-electron chi connectivity index (χ4n) is 2.42. The summed E-state index contributed by atoms with van der Waals surface area (Å²) in [5.41, 5.74) is 6.63. The Labute approximate surface area is 115 Å². The molecule has 1 aliphatic heterocycles. The van der Waals surface area contributed by atoms with Gasteiger partial charge in [-0.2, -0.15) is 4.98 Å². The van der Waals surface area contributed by atoms with Crippen molar-refractivity contribution < 1.29 is 17.3 Å². The number of anilines is 2. The number of nitrogens with two attached hydrogens (primary N) is 1. The number of hydrogen-bond donors (Lipinski definition) is 2. The summed E-state index contributed by atoms with van der Waals surface area (Å²) in [6, 6.07) is 2.78. The van der Waals surface area contributed by atoms with E-state index in [4.69, 9.17) is 5.73 Å². The first-order valence-electron chi connectivity index (χ1n) is 6.22. The molecular formula is C12H22ClN5. The lowest BCUT2D eigenvalue weighted by Crippen LogP contribution is -3.10. The van der Waals surface area contributed by atoms with Crippen molar-refractivity contribution in [1.82, 2.24) is 9.97 Å². The van der Waals surface area contributed by atoms with Crippen molar-refractivity contribution in [1.29, 1.82) is 0 Å². The number of rotatable bonds is 2. The summed E-state index contributed by atoms with van der Waals surface area (Å²) in [7, 11) is 4.46. The summed E-state index contributed by atoms with van der Waals surface area (Å²) in [4.78, 5) is 12.3. The van der Waals surface area contributed by atoms with Gasteiger partial charge < -0.3 is 27.9 Å². The molecule has 0 spiro atoms. The third-order valence-electron chi connectivity index (χ3n) is 3.49. The maximum absolute atomic E-state index is 5.69. The number of aryl methyl sites for hydroxylation is 1. The second-order valence-corrected chi connectivity index (χ2v) is 5.06. The molecule has 1 aliphatic rings.